The fourth-order valence-corrected chi connectivity index (χ4v) is 1.16. The van der Waals surface area contributed by atoms with Gasteiger partial charge in [-0.2, -0.15) is 5.26 Å². The summed E-state index contributed by atoms with van der Waals surface area (Å²) in [6.07, 6.45) is 2.07. The fraction of sp³-hybridized carbons (Fsp3) is 0.400. The molecule has 0 aliphatic carbocycles. The van der Waals surface area contributed by atoms with Crippen LogP contribution in [0, 0.1) is 11.3 Å². The molecular weight excluding hydrogens is 228 g/mol. The minimum atomic E-state index is -0.277. The molecule has 0 bridgehead atoms. The fourth-order valence-electron chi connectivity index (χ4n) is 1.06. The van der Waals surface area contributed by atoms with E-state index in [1.165, 1.54) is 12.1 Å². The van der Waals surface area contributed by atoms with Crippen molar-refractivity contribution in [2.45, 2.75) is 19.3 Å². The van der Waals surface area contributed by atoms with Crippen LogP contribution in [0.15, 0.2) is 12.1 Å². The molecule has 0 saturated carbocycles. The summed E-state index contributed by atoms with van der Waals surface area (Å²) in [6, 6.07) is 5.07. The summed E-state index contributed by atoms with van der Waals surface area (Å²) >= 11 is 5.54. The first-order valence-electron chi connectivity index (χ1n) is 4.88. The van der Waals surface area contributed by atoms with Gasteiger partial charge in [-0.3, -0.25) is 4.79 Å². The molecule has 0 fully saturated rings. The van der Waals surface area contributed by atoms with Gasteiger partial charge in [0.15, 0.2) is 10.8 Å². The normalized spacial score (nSPS) is 9.50. The van der Waals surface area contributed by atoms with Crippen LogP contribution in [0.1, 0.15) is 29.8 Å². The van der Waals surface area contributed by atoms with Crippen molar-refractivity contribution in [3.8, 4) is 6.07 Å². The van der Waals surface area contributed by atoms with Gasteiger partial charge in [-0.1, -0.05) is 11.6 Å². The maximum atomic E-state index is 11.5. The number of rotatable bonds is 5. The molecule has 0 unspecified atom stereocenters. The highest BCUT2D eigenvalue weighted by atomic mass is 35.5. The molecule has 0 radical (unpaired) electrons. The summed E-state index contributed by atoms with van der Waals surface area (Å²) in [4.78, 5) is 11.5. The van der Waals surface area contributed by atoms with Crippen LogP contribution in [0.4, 0.5) is 0 Å². The largest absolute Gasteiger partial charge is 0.351 e. The third kappa shape index (κ3) is 4.24. The van der Waals surface area contributed by atoms with Crippen molar-refractivity contribution in [1.82, 2.24) is 15.5 Å². The Hall–Kier alpha value is -1.67. The number of nitrogens with zero attached hydrogens (tertiary/aromatic N) is 3. The zero-order chi connectivity index (χ0) is 11.8. The second kappa shape index (κ2) is 6.75. The van der Waals surface area contributed by atoms with Crippen molar-refractivity contribution in [3.63, 3.8) is 0 Å². The van der Waals surface area contributed by atoms with E-state index in [-0.39, 0.29) is 16.8 Å². The number of unbranched alkanes of at least 4 members (excludes halogenated alkanes) is 2. The Balaban J connectivity index is 2.30. The first-order chi connectivity index (χ1) is 7.74. The third-order valence-corrected chi connectivity index (χ3v) is 2.07. The second-order valence-corrected chi connectivity index (χ2v) is 3.50. The number of amides is 1. The lowest BCUT2D eigenvalue weighted by molar-refractivity contribution is 0.0947. The van der Waals surface area contributed by atoms with Crippen LogP contribution in [-0.4, -0.2) is 22.6 Å². The van der Waals surface area contributed by atoms with E-state index in [2.05, 4.69) is 15.5 Å². The van der Waals surface area contributed by atoms with Gasteiger partial charge >= 0.3 is 0 Å². The van der Waals surface area contributed by atoms with Crippen LogP contribution in [0.25, 0.3) is 0 Å². The average Bonchev–Trinajstić information content (AvgIpc) is 2.29. The molecule has 1 amide bonds. The Morgan fingerprint density at radius 1 is 1.44 bits per heavy atom. The monoisotopic (exact) mass is 238 g/mol. The van der Waals surface area contributed by atoms with Crippen molar-refractivity contribution in [2.24, 2.45) is 0 Å². The van der Waals surface area contributed by atoms with Crippen molar-refractivity contribution in [2.75, 3.05) is 6.54 Å². The molecule has 84 valence electrons. The first-order valence-corrected chi connectivity index (χ1v) is 5.26. The minimum absolute atomic E-state index is 0.240. The van der Waals surface area contributed by atoms with Gasteiger partial charge in [0.1, 0.15) is 0 Å². The topological polar surface area (TPSA) is 78.7 Å². The standard InChI is InChI=1S/C10H11ClN4O/c11-9-5-4-8(14-15-9)10(16)13-7-3-1-2-6-12/h4-5H,1-3,7H2,(H,13,16). The molecule has 0 aliphatic heterocycles. The van der Waals surface area contributed by atoms with Crippen LogP contribution in [0.5, 0.6) is 0 Å². The molecular formula is C10H11ClN4O. The summed E-state index contributed by atoms with van der Waals surface area (Å²) in [5.41, 5.74) is 0.240. The molecule has 16 heavy (non-hydrogen) atoms. The Morgan fingerprint density at radius 2 is 2.25 bits per heavy atom. The molecule has 1 aromatic heterocycles. The predicted molar refractivity (Wildman–Crippen MR) is 58.8 cm³/mol. The smallest absolute Gasteiger partial charge is 0.271 e. The maximum Gasteiger partial charge on any atom is 0.271 e. The van der Waals surface area contributed by atoms with Crippen molar-refractivity contribution >= 4 is 17.5 Å². The van der Waals surface area contributed by atoms with Crippen LogP contribution < -0.4 is 5.32 Å². The van der Waals surface area contributed by atoms with E-state index in [9.17, 15) is 4.79 Å². The number of hydrogen-bond donors (Lipinski definition) is 1. The van der Waals surface area contributed by atoms with Gasteiger partial charge in [0.25, 0.3) is 5.91 Å². The third-order valence-electron chi connectivity index (χ3n) is 1.87. The predicted octanol–water partition coefficient (Wildman–Crippen LogP) is 1.55. The molecule has 6 heteroatoms. The summed E-state index contributed by atoms with van der Waals surface area (Å²) in [5, 5.41) is 18.5. The van der Waals surface area contributed by atoms with E-state index in [1.54, 1.807) is 0 Å². The van der Waals surface area contributed by atoms with Gasteiger partial charge in [-0.05, 0) is 25.0 Å². The van der Waals surface area contributed by atoms with Gasteiger partial charge < -0.3 is 5.32 Å². The Labute approximate surface area is 98.4 Å². The Kier molecular flexibility index (Phi) is 5.23. The maximum absolute atomic E-state index is 11.5. The summed E-state index contributed by atoms with van der Waals surface area (Å²) in [6.45, 7) is 0.533. The molecule has 0 spiro atoms. The zero-order valence-electron chi connectivity index (χ0n) is 8.61. The lowest BCUT2D eigenvalue weighted by atomic mass is 10.2. The summed E-state index contributed by atoms with van der Waals surface area (Å²) in [5.74, 6) is -0.277. The lowest BCUT2D eigenvalue weighted by Gasteiger charge is -2.02. The lowest BCUT2D eigenvalue weighted by Crippen LogP contribution is -2.25. The molecule has 1 rings (SSSR count). The summed E-state index contributed by atoms with van der Waals surface area (Å²) in [7, 11) is 0. The molecule has 1 N–H and O–H groups in total. The number of aromatic nitrogens is 2. The molecule has 1 aromatic rings. The van der Waals surface area contributed by atoms with Crippen molar-refractivity contribution in [1.29, 1.82) is 5.26 Å². The van der Waals surface area contributed by atoms with E-state index in [1.807, 2.05) is 6.07 Å². The average molecular weight is 239 g/mol. The highest BCUT2D eigenvalue weighted by Crippen LogP contribution is 2.02. The van der Waals surface area contributed by atoms with Gasteiger partial charge in [-0.15, -0.1) is 10.2 Å². The minimum Gasteiger partial charge on any atom is -0.351 e. The number of carbonyl (C=O) groups excluding carboxylic acids is 1. The summed E-state index contributed by atoms with van der Waals surface area (Å²) < 4.78 is 0. The van der Waals surface area contributed by atoms with E-state index < -0.39 is 0 Å². The Morgan fingerprint density at radius 3 is 2.88 bits per heavy atom. The van der Waals surface area contributed by atoms with Gasteiger partial charge in [0.05, 0.1) is 6.07 Å². The number of nitrogens with one attached hydrogen (secondary N) is 1. The molecule has 1 heterocycles. The highest BCUT2D eigenvalue weighted by molar-refractivity contribution is 6.29. The van der Waals surface area contributed by atoms with Gasteiger partial charge in [0.2, 0.25) is 0 Å². The Bertz CT molecular complexity index is 385. The first kappa shape index (κ1) is 12.4. The quantitative estimate of drug-likeness (QED) is 0.790. The van der Waals surface area contributed by atoms with Crippen LogP contribution >= 0.6 is 11.6 Å². The highest BCUT2D eigenvalue weighted by Gasteiger charge is 2.06. The van der Waals surface area contributed by atoms with E-state index >= 15 is 0 Å². The van der Waals surface area contributed by atoms with E-state index in [0.717, 1.165) is 12.8 Å². The van der Waals surface area contributed by atoms with Gasteiger partial charge in [0, 0.05) is 13.0 Å². The number of halogens is 1. The van der Waals surface area contributed by atoms with Crippen LogP contribution in [0.3, 0.4) is 0 Å². The molecule has 0 aromatic carbocycles. The number of nitriles is 1. The van der Waals surface area contributed by atoms with Gasteiger partial charge in [-0.25, -0.2) is 0 Å². The van der Waals surface area contributed by atoms with Crippen LogP contribution in [-0.2, 0) is 0 Å². The van der Waals surface area contributed by atoms with Crippen LogP contribution in [0.2, 0.25) is 5.15 Å². The molecule has 0 aliphatic rings. The molecule has 5 nitrogen and oxygen atoms in total. The molecule has 0 saturated heterocycles. The number of hydrogen-bond acceptors (Lipinski definition) is 4. The second-order valence-electron chi connectivity index (χ2n) is 3.11. The van der Waals surface area contributed by atoms with E-state index in [0.29, 0.717) is 13.0 Å². The number of carbonyl (C=O) groups is 1. The zero-order valence-corrected chi connectivity index (χ0v) is 9.37. The van der Waals surface area contributed by atoms with Crippen molar-refractivity contribution < 1.29 is 4.79 Å². The molecule has 0 atom stereocenters. The SMILES string of the molecule is N#CCCCCNC(=O)c1ccc(Cl)nn1. The van der Waals surface area contributed by atoms with E-state index in [4.69, 9.17) is 16.9 Å². The van der Waals surface area contributed by atoms with Crippen molar-refractivity contribution in [3.05, 3.63) is 23.0 Å².